The summed E-state index contributed by atoms with van der Waals surface area (Å²) in [7, 11) is -3.81. The van der Waals surface area contributed by atoms with Crippen LogP contribution in [0.2, 0.25) is 0 Å². The second-order valence-electron chi connectivity index (χ2n) is 5.92. The standard InChI is InChI=1S/C13H22F3N3O3S/c14-13(15,16)10-17-12(20)11-6-5-9-19(11)23(21,22)18-7-3-1-2-4-8-18/h11H,1-10H2,(H,17,20). The first-order valence-corrected chi connectivity index (χ1v) is 9.23. The number of carbonyl (C=O) groups is 1. The molecule has 134 valence electrons. The fourth-order valence-electron chi connectivity index (χ4n) is 3.00. The highest BCUT2D eigenvalue weighted by molar-refractivity contribution is 7.86. The summed E-state index contributed by atoms with van der Waals surface area (Å²) in [4.78, 5) is 12.0. The molecule has 0 spiro atoms. The van der Waals surface area contributed by atoms with Crippen LogP contribution < -0.4 is 5.32 Å². The fraction of sp³-hybridized carbons (Fsp3) is 0.923. The van der Waals surface area contributed by atoms with Crippen molar-refractivity contribution in [3.63, 3.8) is 0 Å². The Morgan fingerprint density at radius 1 is 1.04 bits per heavy atom. The van der Waals surface area contributed by atoms with E-state index in [1.807, 2.05) is 0 Å². The minimum absolute atomic E-state index is 0.170. The van der Waals surface area contributed by atoms with Crippen molar-refractivity contribution in [3.05, 3.63) is 0 Å². The van der Waals surface area contributed by atoms with Gasteiger partial charge in [0.15, 0.2) is 0 Å². The molecule has 0 aromatic rings. The van der Waals surface area contributed by atoms with Gasteiger partial charge < -0.3 is 5.32 Å². The molecule has 0 saturated carbocycles. The number of nitrogens with zero attached hydrogens (tertiary/aromatic N) is 2. The van der Waals surface area contributed by atoms with E-state index in [0.29, 0.717) is 19.5 Å². The van der Waals surface area contributed by atoms with Crippen LogP contribution >= 0.6 is 0 Å². The van der Waals surface area contributed by atoms with E-state index in [-0.39, 0.29) is 13.0 Å². The number of amides is 1. The maximum atomic E-state index is 12.7. The smallest absolute Gasteiger partial charge is 0.346 e. The van der Waals surface area contributed by atoms with Crippen LogP contribution in [0.1, 0.15) is 38.5 Å². The molecule has 2 fully saturated rings. The summed E-state index contributed by atoms with van der Waals surface area (Å²) in [5.41, 5.74) is 0. The summed E-state index contributed by atoms with van der Waals surface area (Å²) in [5, 5.41) is 1.79. The Hall–Kier alpha value is -0.870. The average Bonchev–Trinajstić information content (AvgIpc) is 2.79. The highest BCUT2D eigenvalue weighted by Crippen LogP contribution is 2.25. The Kier molecular flexibility index (Phi) is 5.90. The van der Waals surface area contributed by atoms with Gasteiger partial charge in [0.05, 0.1) is 0 Å². The molecule has 1 amide bonds. The quantitative estimate of drug-likeness (QED) is 0.823. The lowest BCUT2D eigenvalue weighted by atomic mass is 10.2. The summed E-state index contributed by atoms with van der Waals surface area (Å²) >= 11 is 0. The SMILES string of the molecule is O=C(NCC(F)(F)F)C1CCCN1S(=O)(=O)N1CCCCCC1. The molecule has 0 aromatic carbocycles. The van der Waals surface area contributed by atoms with E-state index < -0.39 is 34.9 Å². The van der Waals surface area contributed by atoms with E-state index in [1.165, 1.54) is 4.31 Å². The zero-order chi connectivity index (χ0) is 17.1. The van der Waals surface area contributed by atoms with Crippen LogP contribution in [0.5, 0.6) is 0 Å². The molecular weight excluding hydrogens is 335 g/mol. The second-order valence-corrected chi connectivity index (χ2v) is 7.80. The lowest BCUT2D eigenvalue weighted by molar-refractivity contribution is -0.140. The van der Waals surface area contributed by atoms with Crippen molar-refractivity contribution in [1.29, 1.82) is 0 Å². The summed E-state index contributed by atoms with van der Waals surface area (Å²) in [6, 6.07) is -1.05. The molecule has 0 aliphatic carbocycles. The van der Waals surface area contributed by atoms with Gasteiger partial charge in [-0.15, -0.1) is 0 Å². The Labute approximate surface area is 134 Å². The molecule has 10 heteroatoms. The molecule has 0 radical (unpaired) electrons. The lowest BCUT2D eigenvalue weighted by Crippen LogP contribution is -2.52. The van der Waals surface area contributed by atoms with E-state index in [1.54, 1.807) is 5.32 Å². The molecule has 23 heavy (non-hydrogen) atoms. The van der Waals surface area contributed by atoms with Crippen molar-refractivity contribution in [2.75, 3.05) is 26.2 Å². The highest BCUT2D eigenvalue weighted by Gasteiger charge is 2.42. The number of rotatable bonds is 4. The zero-order valence-corrected chi connectivity index (χ0v) is 13.6. The number of halogens is 3. The predicted molar refractivity (Wildman–Crippen MR) is 77.8 cm³/mol. The van der Waals surface area contributed by atoms with Gasteiger partial charge in [0, 0.05) is 19.6 Å². The Bertz CT molecular complexity index is 516. The molecule has 2 aliphatic heterocycles. The van der Waals surface area contributed by atoms with Crippen LogP contribution in [0.15, 0.2) is 0 Å². The van der Waals surface area contributed by atoms with Crippen molar-refractivity contribution in [2.45, 2.75) is 50.7 Å². The van der Waals surface area contributed by atoms with Gasteiger partial charge in [-0.1, -0.05) is 12.8 Å². The Morgan fingerprint density at radius 2 is 1.65 bits per heavy atom. The van der Waals surface area contributed by atoms with Gasteiger partial charge in [-0.25, -0.2) is 0 Å². The lowest BCUT2D eigenvalue weighted by Gasteiger charge is -2.29. The maximum absolute atomic E-state index is 12.7. The third-order valence-corrected chi connectivity index (χ3v) is 6.20. The van der Waals surface area contributed by atoms with E-state index in [2.05, 4.69) is 0 Å². The topological polar surface area (TPSA) is 69.7 Å². The first kappa shape index (κ1) is 18.5. The molecular formula is C13H22F3N3O3S. The second kappa shape index (κ2) is 7.35. The minimum Gasteiger partial charge on any atom is -0.346 e. The molecule has 0 aromatic heterocycles. The number of nitrogens with one attached hydrogen (secondary N) is 1. The third-order valence-electron chi connectivity index (χ3n) is 4.16. The molecule has 2 aliphatic rings. The van der Waals surface area contributed by atoms with Crippen LogP contribution in [-0.2, 0) is 15.0 Å². The summed E-state index contributed by atoms with van der Waals surface area (Å²) in [5.74, 6) is -0.877. The van der Waals surface area contributed by atoms with E-state index in [0.717, 1.165) is 30.0 Å². The summed E-state index contributed by atoms with van der Waals surface area (Å²) in [6.07, 6.45) is -0.351. The Balaban J connectivity index is 2.06. The highest BCUT2D eigenvalue weighted by atomic mass is 32.2. The summed E-state index contributed by atoms with van der Waals surface area (Å²) < 4.78 is 64.5. The van der Waals surface area contributed by atoms with Gasteiger partial charge in [-0.2, -0.15) is 30.2 Å². The van der Waals surface area contributed by atoms with Crippen LogP contribution in [0.3, 0.4) is 0 Å². The van der Waals surface area contributed by atoms with Gasteiger partial charge in [-0.05, 0) is 25.7 Å². The van der Waals surface area contributed by atoms with Gasteiger partial charge >= 0.3 is 6.18 Å². The van der Waals surface area contributed by atoms with Crippen molar-refractivity contribution >= 4 is 16.1 Å². The number of alkyl halides is 3. The normalized spacial score (nSPS) is 25.3. The molecule has 1 N–H and O–H groups in total. The monoisotopic (exact) mass is 357 g/mol. The van der Waals surface area contributed by atoms with Crippen molar-refractivity contribution in [3.8, 4) is 0 Å². The van der Waals surface area contributed by atoms with Gasteiger partial charge in [0.1, 0.15) is 12.6 Å². The van der Waals surface area contributed by atoms with E-state index in [4.69, 9.17) is 0 Å². The largest absolute Gasteiger partial charge is 0.405 e. The third kappa shape index (κ3) is 4.80. The van der Waals surface area contributed by atoms with Crippen molar-refractivity contribution in [1.82, 2.24) is 13.9 Å². The molecule has 0 bridgehead atoms. The fourth-order valence-corrected chi connectivity index (χ4v) is 4.90. The molecule has 2 saturated heterocycles. The van der Waals surface area contributed by atoms with Crippen molar-refractivity contribution < 1.29 is 26.4 Å². The molecule has 2 rings (SSSR count). The van der Waals surface area contributed by atoms with E-state index in [9.17, 15) is 26.4 Å². The molecule has 2 heterocycles. The van der Waals surface area contributed by atoms with Crippen LogP contribution in [0.4, 0.5) is 13.2 Å². The first-order chi connectivity index (χ1) is 10.7. The molecule has 6 nitrogen and oxygen atoms in total. The predicted octanol–water partition coefficient (Wildman–Crippen LogP) is 1.25. The van der Waals surface area contributed by atoms with Crippen molar-refractivity contribution in [2.24, 2.45) is 0 Å². The molecule has 1 unspecified atom stereocenters. The number of hydrogen-bond donors (Lipinski definition) is 1. The van der Waals surface area contributed by atoms with Crippen LogP contribution in [-0.4, -0.2) is 61.3 Å². The number of hydrogen-bond acceptors (Lipinski definition) is 3. The van der Waals surface area contributed by atoms with Gasteiger partial charge in [0.2, 0.25) is 5.91 Å². The van der Waals surface area contributed by atoms with Crippen LogP contribution in [0.25, 0.3) is 0 Å². The zero-order valence-electron chi connectivity index (χ0n) is 12.8. The van der Waals surface area contributed by atoms with Gasteiger partial charge in [-0.3, -0.25) is 4.79 Å². The minimum atomic E-state index is -4.51. The van der Waals surface area contributed by atoms with Crippen LogP contribution in [0, 0.1) is 0 Å². The first-order valence-electron chi connectivity index (χ1n) is 7.83. The maximum Gasteiger partial charge on any atom is 0.405 e. The number of carbonyl (C=O) groups excluding carboxylic acids is 1. The summed E-state index contributed by atoms with van der Waals surface area (Å²) in [6.45, 7) is -0.478. The van der Waals surface area contributed by atoms with E-state index >= 15 is 0 Å². The average molecular weight is 357 g/mol. The Morgan fingerprint density at radius 3 is 2.22 bits per heavy atom. The van der Waals surface area contributed by atoms with Gasteiger partial charge in [0.25, 0.3) is 10.2 Å². The molecule has 1 atom stereocenters.